The van der Waals surface area contributed by atoms with Gasteiger partial charge in [0.1, 0.15) is 0 Å². The first-order valence-electron chi connectivity index (χ1n) is 4.96. The Hall–Kier alpha value is 0.400. The predicted molar refractivity (Wildman–Crippen MR) is 66.3 cm³/mol. The fourth-order valence-electron chi connectivity index (χ4n) is 0.574. The van der Waals surface area contributed by atoms with Gasteiger partial charge in [0, 0.05) is 0 Å². The van der Waals surface area contributed by atoms with E-state index in [9.17, 15) is 5.11 Å². The van der Waals surface area contributed by atoms with Gasteiger partial charge in [-0.3, -0.25) is 0 Å². The maximum atomic E-state index is 10.1. The molecule has 0 aliphatic rings. The molecule has 0 saturated carbocycles. The van der Waals surface area contributed by atoms with Gasteiger partial charge in [-0.2, -0.15) is 6.42 Å². The molecule has 82 valence electrons. The number of rotatable bonds is 2. The maximum absolute atomic E-state index is 10.1. The van der Waals surface area contributed by atoms with Crippen LogP contribution in [0.4, 0.5) is 0 Å². The van der Waals surface area contributed by atoms with Gasteiger partial charge in [0.05, 0.1) is 0 Å². The Bertz CT molecular complexity index is 178. The van der Waals surface area contributed by atoms with E-state index in [0.717, 1.165) is 12.0 Å². The van der Waals surface area contributed by atoms with Crippen LogP contribution in [0.5, 0.6) is 0 Å². The second-order valence-corrected chi connectivity index (χ2v) is 2.27. The number of hydrogen-bond donors (Lipinski definition) is 1. The van der Waals surface area contributed by atoms with Gasteiger partial charge in [-0.15, -0.1) is 6.61 Å². The van der Waals surface area contributed by atoms with E-state index in [4.69, 9.17) is 5.73 Å². The van der Waals surface area contributed by atoms with Gasteiger partial charge in [-0.1, -0.05) is 49.7 Å². The smallest absolute Gasteiger partial charge is 0.851 e. The van der Waals surface area contributed by atoms with Crippen molar-refractivity contribution < 1.29 is 5.11 Å². The van der Waals surface area contributed by atoms with Crippen molar-refractivity contribution in [3.8, 4) is 0 Å². The first-order valence-corrected chi connectivity index (χ1v) is 4.96. The Morgan fingerprint density at radius 3 is 1.80 bits per heavy atom. The summed E-state index contributed by atoms with van der Waals surface area (Å²) >= 11 is 0. The molecule has 0 heterocycles. The van der Waals surface area contributed by atoms with Crippen molar-refractivity contribution in [1.82, 2.24) is 0 Å². The summed E-state index contributed by atoms with van der Waals surface area (Å²) in [7, 11) is 0. The van der Waals surface area contributed by atoms with E-state index in [1.807, 2.05) is 44.2 Å². The summed E-state index contributed by atoms with van der Waals surface area (Å²) in [5.41, 5.74) is 5.82. The minimum Gasteiger partial charge on any atom is -0.851 e. The van der Waals surface area contributed by atoms with Crippen LogP contribution in [0.2, 0.25) is 0 Å². The van der Waals surface area contributed by atoms with Crippen LogP contribution in [-0.2, 0) is 6.61 Å². The van der Waals surface area contributed by atoms with Gasteiger partial charge in [0.15, 0.2) is 0 Å². The van der Waals surface area contributed by atoms with E-state index < -0.39 is 0 Å². The van der Waals surface area contributed by atoms with Gasteiger partial charge in [0.25, 0.3) is 0 Å². The van der Waals surface area contributed by atoms with Crippen LogP contribution in [-0.4, -0.2) is 44.3 Å². The van der Waals surface area contributed by atoms with Crippen molar-refractivity contribution in [3.63, 3.8) is 0 Å². The quantitative estimate of drug-likeness (QED) is 0.621. The van der Waals surface area contributed by atoms with Gasteiger partial charge in [0.2, 0.25) is 0 Å². The number of hydrogen-bond acceptors (Lipinski definition) is 2. The van der Waals surface area contributed by atoms with Crippen LogP contribution in [0.15, 0.2) is 30.3 Å². The predicted octanol–water partition coefficient (Wildman–Crippen LogP) is 1.36. The SMILES string of the molecule is CC.[CH2-]CCN.[Ca+2].[O-]Cc1ccccc1. The van der Waals surface area contributed by atoms with Crippen LogP contribution >= 0.6 is 0 Å². The zero-order valence-corrected chi connectivity index (χ0v) is 12.1. The second-order valence-electron chi connectivity index (χ2n) is 2.27. The van der Waals surface area contributed by atoms with E-state index in [-0.39, 0.29) is 44.3 Å². The maximum Gasteiger partial charge on any atom is 2.00 e. The third-order valence-electron chi connectivity index (χ3n) is 1.21. The molecule has 0 aliphatic heterocycles. The molecule has 0 amide bonds. The van der Waals surface area contributed by atoms with Crippen molar-refractivity contribution in [2.75, 3.05) is 6.54 Å². The Labute approximate surface area is 124 Å². The van der Waals surface area contributed by atoms with Gasteiger partial charge < -0.3 is 17.8 Å². The minimum absolute atomic E-state index is 0. The van der Waals surface area contributed by atoms with E-state index in [1.54, 1.807) is 0 Å². The molecule has 0 radical (unpaired) electrons. The molecule has 0 atom stereocenters. The Morgan fingerprint density at radius 2 is 1.60 bits per heavy atom. The molecular weight excluding hydrogens is 214 g/mol. The minimum atomic E-state index is -0.110. The Kier molecular flexibility index (Phi) is 27.5. The second kappa shape index (κ2) is 19.9. The summed E-state index contributed by atoms with van der Waals surface area (Å²) in [6.07, 6.45) is 0.847. The first kappa shape index (κ1) is 20.8. The molecule has 1 aromatic carbocycles. The summed E-state index contributed by atoms with van der Waals surface area (Å²) in [4.78, 5) is 0. The molecule has 1 rings (SSSR count). The number of benzene rings is 1. The summed E-state index contributed by atoms with van der Waals surface area (Å²) in [5, 5.41) is 10.1. The molecule has 3 heteroatoms. The molecule has 0 aromatic heterocycles. The van der Waals surface area contributed by atoms with Gasteiger partial charge in [-0.25, -0.2) is 0 Å². The summed E-state index contributed by atoms with van der Waals surface area (Å²) in [5.74, 6) is 0. The van der Waals surface area contributed by atoms with Crippen molar-refractivity contribution in [2.24, 2.45) is 5.73 Å². The summed E-state index contributed by atoms with van der Waals surface area (Å²) in [6, 6.07) is 9.29. The monoisotopic (exact) mass is 235 g/mol. The molecule has 0 saturated heterocycles. The summed E-state index contributed by atoms with van der Waals surface area (Å²) in [6.45, 7) is 8.08. The molecule has 0 spiro atoms. The zero-order chi connectivity index (χ0) is 11.2. The van der Waals surface area contributed by atoms with Crippen molar-refractivity contribution >= 4 is 37.7 Å². The fraction of sp³-hybridized carbons (Fsp3) is 0.417. The molecule has 2 N–H and O–H groups in total. The summed E-state index contributed by atoms with van der Waals surface area (Å²) < 4.78 is 0. The van der Waals surface area contributed by atoms with E-state index >= 15 is 0 Å². The molecule has 15 heavy (non-hydrogen) atoms. The molecule has 2 nitrogen and oxygen atoms in total. The van der Waals surface area contributed by atoms with Crippen molar-refractivity contribution in [3.05, 3.63) is 42.8 Å². The fourth-order valence-corrected chi connectivity index (χ4v) is 0.574. The van der Waals surface area contributed by atoms with Crippen LogP contribution in [0.3, 0.4) is 0 Å². The van der Waals surface area contributed by atoms with E-state index in [0.29, 0.717) is 6.54 Å². The van der Waals surface area contributed by atoms with E-state index in [2.05, 4.69) is 6.92 Å². The molecule has 0 bridgehead atoms. The average Bonchev–Trinajstić information content (AvgIpc) is 2.33. The molecule has 0 unspecified atom stereocenters. The molecular formula is C12H21CaNO. The molecule has 0 fully saturated rings. The largest absolute Gasteiger partial charge is 2.00 e. The number of nitrogens with two attached hydrogens (primary N) is 1. The third-order valence-corrected chi connectivity index (χ3v) is 1.21. The zero-order valence-electron chi connectivity index (χ0n) is 9.91. The average molecular weight is 235 g/mol. The Balaban J connectivity index is -0.000000179. The van der Waals surface area contributed by atoms with Crippen LogP contribution in [0.1, 0.15) is 25.8 Å². The van der Waals surface area contributed by atoms with Crippen LogP contribution in [0.25, 0.3) is 0 Å². The van der Waals surface area contributed by atoms with Gasteiger partial charge >= 0.3 is 37.7 Å². The van der Waals surface area contributed by atoms with Gasteiger partial charge in [-0.05, 0) is 6.54 Å². The molecule has 0 aliphatic carbocycles. The standard InChI is InChI=1S/C7H7O.C3H8N.C2H6.Ca/c8-6-7-4-2-1-3-5-7;1-2-3-4;1-2;/h1-5H,6H2;1-4H2;1-2H3;/q2*-1;;+2. The topological polar surface area (TPSA) is 49.1 Å². The Morgan fingerprint density at radius 1 is 1.20 bits per heavy atom. The third kappa shape index (κ3) is 17.0. The van der Waals surface area contributed by atoms with Crippen molar-refractivity contribution in [2.45, 2.75) is 26.9 Å². The molecule has 1 aromatic rings. The first-order chi connectivity index (χ1) is 6.85. The van der Waals surface area contributed by atoms with Crippen LogP contribution in [0, 0.1) is 6.92 Å². The van der Waals surface area contributed by atoms with Crippen LogP contribution < -0.4 is 10.8 Å². The van der Waals surface area contributed by atoms with Crippen molar-refractivity contribution in [1.29, 1.82) is 0 Å². The normalized spacial score (nSPS) is 7.27. The van der Waals surface area contributed by atoms with E-state index in [1.165, 1.54) is 0 Å².